The number of amides is 1. The maximum absolute atomic E-state index is 12.9. The highest BCUT2D eigenvalue weighted by Gasteiger charge is 2.34. The molecule has 1 saturated heterocycles. The van der Waals surface area contributed by atoms with Crippen molar-refractivity contribution in [1.82, 2.24) is 14.5 Å². The van der Waals surface area contributed by atoms with Gasteiger partial charge in [0, 0.05) is 32.1 Å². The Bertz CT molecular complexity index is 784. The summed E-state index contributed by atoms with van der Waals surface area (Å²) in [7, 11) is 0.221. The molecule has 1 aliphatic rings. The molecule has 9 heteroatoms. The second-order valence-corrected chi connectivity index (χ2v) is 11.0. The van der Waals surface area contributed by atoms with Crippen LogP contribution >= 0.6 is 23.2 Å². The molecule has 0 aliphatic carbocycles. The molecule has 2 rings (SSSR count). The van der Waals surface area contributed by atoms with E-state index < -0.39 is 10.0 Å². The smallest absolute Gasteiger partial charge is 0.246 e. The third-order valence-corrected chi connectivity index (χ3v) is 7.68. The predicted octanol–water partition coefficient (Wildman–Crippen LogP) is 3.10. The Morgan fingerprint density at radius 3 is 2.25 bits per heavy atom. The SMILES string of the molecule is CN(C)CC(C)(C)CNC(=O)C1CCN(S(=O)(=O)c2c(Cl)cccc2Cl)CC1. The average molecular weight is 450 g/mol. The molecule has 1 aromatic rings. The maximum atomic E-state index is 12.9. The van der Waals surface area contributed by atoms with Gasteiger partial charge in [0.15, 0.2) is 0 Å². The third kappa shape index (κ3) is 5.83. The lowest BCUT2D eigenvalue weighted by molar-refractivity contribution is -0.126. The van der Waals surface area contributed by atoms with Crippen molar-refractivity contribution in [1.29, 1.82) is 0 Å². The summed E-state index contributed by atoms with van der Waals surface area (Å²) in [6, 6.07) is 4.63. The average Bonchev–Trinajstić information content (AvgIpc) is 2.58. The van der Waals surface area contributed by atoms with E-state index in [2.05, 4.69) is 24.1 Å². The third-order valence-electron chi connectivity index (χ3n) is 4.83. The molecule has 1 N–H and O–H groups in total. The molecule has 0 unspecified atom stereocenters. The first-order valence-corrected chi connectivity index (χ1v) is 11.5. The van der Waals surface area contributed by atoms with Crippen molar-refractivity contribution in [3.8, 4) is 0 Å². The van der Waals surface area contributed by atoms with Crippen molar-refractivity contribution in [2.45, 2.75) is 31.6 Å². The highest BCUT2D eigenvalue weighted by molar-refractivity contribution is 7.89. The van der Waals surface area contributed by atoms with Gasteiger partial charge in [-0.15, -0.1) is 0 Å². The number of nitrogens with zero attached hydrogens (tertiary/aromatic N) is 2. The number of hydrogen-bond acceptors (Lipinski definition) is 4. The lowest BCUT2D eigenvalue weighted by atomic mass is 9.91. The molecule has 6 nitrogen and oxygen atoms in total. The molecule has 28 heavy (non-hydrogen) atoms. The van der Waals surface area contributed by atoms with Gasteiger partial charge in [0.2, 0.25) is 15.9 Å². The normalized spacial score (nSPS) is 17.1. The lowest BCUT2D eigenvalue weighted by Gasteiger charge is -2.32. The fourth-order valence-electron chi connectivity index (χ4n) is 3.60. The van der Waals surface area contributed by atoms with Crippen LogP contribution in [0.15, 0.2) is 23.1 Å². The summed E-state index contributed by atoms with van der Waals surface area (Å²) in [5.41, 5.74) is -0.0377. The first-order chi connectivity index (χ1) is 12.9. The van der Waals surface area contributed by atoms with E-state index in [1.54, 1.807) is 6.07 Å². The number of nitrogens with one attached hydrogen (secondary N) is 1. The van der Waals surface area contributed by atoms with Crippen molar-refractivity contribution >= 4 is 39.1 Å². The van der Waals surface area contributed by atoms with E-state index in [0.717, 1.165) is 6.54 Å². The Morgan fingerprint density at radius 2 is 1.75 bits per heavy atom. The molecular weight excluding hydrogens is 421 g/mol. The van der Waals surface area contributed by atoms with E-state index in [0.29, 0.717) is 19.4 Å². The first-order valence-electron chi connectivity index (χ1n) is 9.31. The van der Waals surface area contributed by atoms with Crippen molar-refractivity contribution in [3.05, 3.63) is 28.2 Å². The fraction of sp³-hybridized carbons (Fsp3) is 0.632. The molecule has 158 valence electrons. The van der Waals surface area contributed by atoms with Crippen LogP contribution in [0, 0.1) is 11.3 Å². The summed E-state index contributed by atoms with van der Waals surface area (Å²) in [5.74, 6) is -0.206. The molecule has 0 bridgehead atoms. The van der Waals surface area contributed by atoms with Gasteiger partial charge in [0.1, 0.15) is 4.90 Å². The number of piperidine rings is 1. The Labute approximate surface area is 178 Å². The van der Waals surface area contributed by atoms with Gasteiger partial charge < -0.3 is 10.2 Å². The quantitative estimate of drug-likeness (QED) is 0.693. The Morgan fingerprint density at radius 1 is 1.21 bits per heavy atom. The Hall–Kier alpha value is -0.860. The first kappa shape index (κ1) is 23.4. The van der Waals surface area contributed by atoms with Gasteiger partial charge in [0.25, 0.3) is 0 Å². The van der Waals surface area contributed by atoms with Crippen LogP contribution in [0.1, 0.15) is 26.7 Å². The van der Waals surface area contributed by atoms with Crippen LogP contribution in [-0.4, -0.2) is 63.8 Å². The molecule has 0 aromatic heterocycles. The Kier molecular flexibility index (Phi) is 7.78. The molecule has 1 aromatic carbocycles. The second-order valence-electron chi connectivity index (χ2n) is 8.35. The van der Waals surface area contributed by atoms with E-state index in [1.807, 2.05) is 14.1 Å². The molecule has 1 fully saturated rings. The summed E-state index contributed by atoms with van der Waals surface area (Å²) < 4.78 is 27.2. The van der Waals surface area contributed by atoms with Crippen LogP contribution < -0.4 is 5.32 Å². The van der Waals surface area contributed by atoms with Gasteiger partial charge in [-0.05, 0) is 44.5 Å². The van der Waals surface area contributed by atoms with Gasteiger partial charge >= 0.3 is 0 Å². The van der Waals surface area contributed by atoms with E-state index in [1.165, 1.54) is 16.4 Å². The van der Waals surface area contributed by atoms with Crippen LogP contribution in [-0.2, 0) is 14.8 Å². The Balaban J connectivity index is 1.96. The lowest BCUT2D eigenvalue weighted by Crippen LogP contribution is -2.46. The molecule has 1 aliphatic heterocycles. The van der Waals surface area contributed by atoms with Crippen LogP contribution in [0.3, 0.4) is 0 Å². The molecular formula is C19H29Cl2N3O3S. The largest absolute Gasteiger partial charge is 0.355 e. The number of halogens is 2. The van der Waals surface area contributed by atoms with Crippen LogP contribution in [0.25, 0.3) is 0 Å². The zero-order valence-corrected chi connectivity index (χ0v) is 19.2. The molecule has 0 atom stereocenters. The summed E-state index contributed by atoms with van der Waals surface area (Å²) in [6.45, 7) is 6.19. The number of rotatable bonds is 7. The van der Waals surface area contributed by atoms with E-state index >= 15 is 0 Å². The van der Waals surface area contributed by atoms with Crippen molar-refractivity contribution < 1.29 is 13.2 Å². The summed E-state index contributed by atoms with van der Waals surface area (Å²) in [4.78, 5) is 14.6. The van der Waals surface area contributed by atoms with Crippen molar-refractivity contribution in [2.24, 2.45) is 11.3 Å². The second kappa shape index (κ2) is 9.30. The molecule has 0 spiro atoms. The van der Waals surface area contributed by atoms with Crippen LogP contribution in [0.2, 0.25) is 10.0 Å². The number of benzene rings is 1. The fourth-order valence-corrected chi connectivity index (χ4v) is 6.16. The van der Waals surface area contributed by atoms with Gasteiger partial charge in [-0.3, -0.25) is 4.79 Å². The van der Waals surface area contributed by atoms with Crippen molar-refractivity contribution in [2.75, 3.05) is 40.3 Å². The zero-order valence-electron chi connectivity index (χ0n) is 16.8. The van der Waals surface area contributed by atoms with Gasteiger partial charge in [-0.2, -0.15) is 4.31 Å². The molecule has 0 saturated carbocycles. The number of carbonyl (C=O) groups excluding carboxylic acids is 1. The van der Waals surface area contributed by atoms with Gasteiger partial charge in [0.05, 0.1) is 10.0 Å². The van der Waals surface area contributed by atoms with Gasteiger partial charge in [-0.1, -0.05) is 43.1 Å². The van der Waals surface area contributed by atoms with Crippen molar-refractivity contribution in [3.63, 3.8) is 0 Å². The van der Waals surface area contributed by atoms with Crippen LogP contribution in [0.4, 0.5) is 0 Å². The minimum Gasteiger partial charge on any atom is -0.355 e. The number of carbonyl (C=O) groups is 1. The minimum absolute atomic E-state index is 0.0142. The van der Waals surface area contributed by atoms with E-state index in [9.17, 15) is 13.2 Å². The molecule has 1 amide bonds. The minimum atomic E-state index is -3.79. The van der Waals surface area contributed by atoms with E-state index in [4.69, 9.17) is 23.2 Å². The number of hydrogen-bond donors (Lipinski definition) is 1. The predicted molar refractivity (Wildman–Crippen MR) is 113 cm³/mol. The summed E-state index contributed by atoms with van der Waals surface area (Å²) in [6.07, 6.45) is 0.947. The number of sulfonamides is 1. The maximum Gasteiger partial charge on any atom is 0.246 e. The van der Waals surface area contributed by atoms with Crippen LogP contribution in [0.5, 0.6) is 0 Å². The summed E-state index contributed by atoms with van der Waals surface area (Å²) in [5, 5.41) is 3.24. The highest BCUT2D eigenvalue weighted by atomic mass is 35.5. The summed E-state index contributed by atoms with van der Waals surface area (Å²) >= 11 is 12.1. The molecule has 1 heterocycles. The highest BCUT2D eigenvalue weighted by Crippen LogP contribution is 2.33. The standard InChI is InChI=1S/C19H29Cl2N3O3S/c1-19(2,13-23(3)4)12-22-18(25)14-8-10-24(11-9-14)28(26,27)17-15(20)6-5-7-16(17)21/h5-7,14H,8-13H2,1-4H3,(H,22,25). The molecule has 0 radical (unpaired) electrons. The topological polar surface area (TPSA) is 69.7 Å². The zero-order chi connectivity index (χ0) is 21.1. The van der Waals surface area contributed by atoms with Gasteiger partial charge in [-0.25, -0.2) is 8.42 Å². The van der Waals surface area contributed by atoms with E-state index in [-0.39, 0.29) is 45.3 Å². The monoisotopic (exact) mass is 449 g/mol.